The van der Waals surface area contributed by atoms with Crippen molar-refractivity contribution in [1.29, 1.82) is 0 Å². The molecule has 0 bridgehead atoms. The van der Waals surface area contributed by atoms with Crippen LogP contribution in [0, 0.1) is 0 Å². The summed E-state index contributed by atoms with van der Waals surface area (Å²) in [5.41, 5.74) is 0.312. The van der Waals surface area contributed by atoms with Crippen molar-refractivity contribution in [3.63, 3.8) is 0 Å². The second-order valence-electron chi connectivity index (χ2n) is 1.57. The van der Waals surface area contributed by atoms with E-state index in [1.807, 2.05) is 24.9 Å². The minimum Gasteiger partial charge on any atom is -0.334 e. The molecule has 0 aliphatic heterocycles. The molecule has 0 rings (SSSR count). The molecule has 0 saturated heterocycles. The monoisotopic (exact) mass is 161 g/mol. The molecule has 1 nitrogen and oxygen atoms in total. The number of hydrogen-bond donors (Lipinski definition) is 0. The third-order valence-electron chi connectivity index (χ3n) is 0.688. The minimum absolute atomic E-state index is 0.312. The van der Waals surface area contributed by atoms with E-state index in [9.17, 15) is 0 Å². The van der Waals surface area contributed by atoms with Crippen LogP contribution in [0.4, 0.5) is 0 Å². The zero-order chi connectivity index (χ0) is 5.86. The van der Waals surface area contributed by atoms with E-state index in [1.165, 1.54) is 0 Å². The lowest BCUT2D eigenvalue weighted by atomic mass is 9.93. The minimum atomic E-state index is 0.312. The number of rotatable bonds is 2. The highest BCUT2D eigenvalue weighted by Crippen LogP contribution is 1.95. The van der Waals surface area contributed by atoms with Gasteiger partial charge in [-0.3, -0.25) is 0 Å². The van der Waals surface area contributed by atoms with Crippen molar-refractivity contribution in [1.82, 2.24) is 4.81 Å². The van der Waals surface area contributed by atoms with Crippen LogP contribution >= 0.6 is 15.8 Å². The van der Waals surface area contributed by atoms with E-state index < -0.39 is 0 Å². The fraction of sp³-hybridized carbons (Fsp3) is 0.500. The van der Waals surface area contributed by atoms with Gasteiger partial charge in [0.1, 0.15) is 0 Å². The Kier molecular flexibility index (Phi) is 3.39. The van der Waals surface area contributed by atoms with Gasteiger partial charge in [0.25, 0.3) is 0 Å². The first-order valence-electron chi connectivity index (χ1n) is 2.11. The molecule has 0 aromatic heterocycles. The summed E-state index contributed by atoms with van der Waals surface area (Å²) in [4.78, 5) is 2.02. The van der Waals surface area contributed by atoms with Crippen molar-refractivity contribution in [2.75, 3.05) is 14.1 Å². The van der Waals surface area contributed by atoms with Gasteiger partial charge in [0, 0.05) is 0 Å². The molecule has 40 valence electrons. The summed E-state index contributed by atoms with van der Waals surface area (Å²) < 4.78 is 0. The van der Waals surface area contributed by atoms with E-state index in [1.54, 1.807) is 0 Å². The standard InChI is InChI=1S/C4H9BBrN/c1-4-5(6)7(2)3/h4H,1H2,2-3H3. The summed E-state index contributed by atoms with van der Waals surface area (Å²) in [6.07, 6.45) is 0. The molecule has 0 saturated carbocycles. The van der Waals surface area contributed by atoms with E-state index in [0.29, 0.717) is 5.67 Å². The zero-order valence-corrected chi connectivity index (χ0v) is 6.27. The van der Waals surface area contributed by atoms with Crippen molar-refractivity contribution < 1.29 is 0 Å². The van der Waals surface area contributed by atoms with E-state index >= 15 is 0 Å². The SMILES string of the molecule is C=CB(Br)N(C)C. The van der Waals surface area contributed by atoms with Gasteiger partial charge in [0.15, 0.2) is 0 Å². The summed E-state index contributed by atoms with van der Waals surface area (Å²) in [5.74, 6) is 1.83. The van der Waals surface area contributed by atoms with Gasteiger partial charge in [-0.2, -0.15) is 0 Å². The average Bonchev–Trinajstić information content (AvgIpc) is 1.65. The topological polar surface area (TPSA) is 3.24 Å². The first-order chi connectivity index (χ1) is 3.18. The van der Waals surface area contributed by atoms with Crippen LogP contribution in [0.1, 0.15) is 0 Å². The highest BCUT2D eigenvalue weighted by atomic mass is 79.9. The first-order valence-corrected chi connectivity index (χ1v) is 3.03. The second-order valence-corrected chi connectivity index (χ2v) is 2.51. The lowest BCUT2D eigenvalue weighted by molar-refractivity contribution is 0.665. The Morgan fingerprint density at radius 3 is 2.14 bits per heavy atom. The summed E-state index contributed by atoms with van der Waals surface area (Å²) in [6.45, 7) is 3.59. The summed E-state index contributed by atoms with van der Waals surface area (Å²) in [7, 11) is 3.97. The second kappa shape index (κ2) is 3.27. The van der Waals surface area contributed by atoms with Crippen molar-refractivity contribution in [3.8, 4) is 0 Å². The van der Waals surface area contributed by atoms with Gasteiger partial charge < -0.3 is 4.81 Å². The molecule has 0 fully saturated rings. The van der Waals surface area contributed by atoms with Gasteiger partial charge in [0.05, 0.1) is 0 Å². The Balaban J connectivity index is 3.33. The Morgan fingerprint density at radius 1 is 1.71 bits per heavy atom. The molecule has 0 amide bonds. The van der Waals surface area contributed by atoms with E-state index in [4.69, 9.17) is 0 Å². The molecule has 0 N–H and O–H groups in total. The smallest absolute Gasteiger partial charge is 0.327 e. The van der Waals surface area contributed by atoms with Crippen LogP contribution in [0.2, 0.25) is 0 Å². The zero-order valence-electron chi connectivity index (χ0n) is 4.69. The van der Waals surface area contributed by atoms with Gasteiger partial charge in [-0.1, -0.05) is 5.98 Å². The fourth-order valence-electron chi connectivity index (χ4n) is 0.211. The molecule has 0 heterocycles. The lowest BCUT2D eigenvalue weighted by Crippen LogP contribution is -2.23. The maximum Gasteiger partial charge on any atom is 0.327 e. The lowest BCUT2D eigenvalue weighted by Gasteiger charge is -2.07. The van der Waals surface area contributed by atoms with Crippen molar-refractivity contribution in [2.24, 2.45) is 0 Å². The molecule has 0 aromatic rings. The summed E-state index contributed by atoms with van der Waals surface area (Å²) >= 11 is 3.35. The Labute approximate surface area is 53.5 Å². The van der Waals surface area contributed by atoms with Crippen LogP contribution in [0.25, 0.3) is 0 Å². The normalized spacial score (nSPS) is 9.14. The van der Waals surface area contributed by atoms with Crippen molar-refractivity contribution >= 4 is 21.4 Å². The Morgan fingerprint density at radius 2 is 2.14 bits per heavy atom. The number of hydrogen-bond acceptors (Lipinski definition) is 1. The number of nitrogens with zero attached hydrogens (tertiary/aromatic N) is 1. The van der Waals surface area contributed by atoms with Crippen LogP contribution in [-0.4, -0.2) is 24.6 Å². The Hall–Kier alpha value is 0.245. The molecule has 0 unspecified atom stereocenters. The molecule has 0 aliphatic carbocycles. The molecule has 0 aromatic carbocycles. The van der Waals surface area contributed by atoms with Crippen LogP contribution in [0.5, 0.6) is 0 Å². The van der Waals surface area contributed by atoms with Crippen molar-refractivity contribution in [3.05, 3.63) is 12.6 Å². The van der Waals surface area contributed by atoms with Crippen LogP contribution in [0.15, 0.2) is 12.6 Å². The molecular weight excluding hydrogens is 153 g/mol. The molecule has 3 heteroatoms. The van der Waals surface area contributed by atoms with Gasteiger partial charge in [-0.25, -0.2) is 0 Å². The summed E-state index contributed by atoms with van der Waals surface area (Å²) in [6, 6.07) is 0. The highest BCUT2D eigenvalue weighted by molar-refractivity contribution is 9.24. The first kappa shape index (κ1) is 7.24. The third kappa shape index (κ3) is 2.89. The highest BCUT2D eigenvalue weighted by Gasteiger charge is 2.04. The molecule has 0 radical (unpaired) electrons. The van der Waals surface area contributed by atoms with Crippen LogP contribution < -0.4 is 0 Å². The predicted octanol–water partition coefficient (Wildman–Crippen LogP) is 1.16. The average molecular weight is 162 g/mol. The molecule has 0 spiro atoms. The van der Waals surface area contributed by atoms with E-state index in [2.05, 4.69) is 22.3 Å². The maximum absolute atomic E-state index is 3.59. The van der Waals surface area contributed by atoms with E-state index in [-0.39, 0.29) is 0 Å². The summed E-state index contributed by atoms with van der Waals surface area (Å²) in [5, 5.41) is 0. The largest absolute Gasteiger partial charge is 0.334 e. The quantitative estimate of drug-likeness (QED) is 0.550. The molecule has 0 atom stereocenters. The van der Waals surface area contributed by atoms with Gasteiger partial charge in [-0.15, -0.1) is 22.3 Å². The van der Waals surface area contributed by atoms with Gasteiger partial charge in [-0.05, 0) is 14.1 Å². The van der Waals surface area contributed by atoms with Crippen molar-refractivity contribution in [2.45, 2.75) is 0 Å². The molecular formula is C4H9BBrN. The molecule has 7 heavy (non-hydrogen) atoms. The van der Waals surface area contributed by atoms with Crippen LogP contribution in [-0.2, 0) is 0 Å². The molecule has 0 aliphatic rings. The fourth-order valence-corrected chi connectivity index (χ4v) is 0.211. The number of halogens is 1. The van der Waals surface area contributed by atoms with Gasteiger partial charge >= 0.3 is 5.67 Å². The third-order valence-corrected chi connectivity index (χ3v) is 1.88. The predicted molar refractivity (Wildman–Crippen MR) is 38.6 cm³/mol. The van der Waals surface area contributed by atoms with E-state index in [0.717, 1.165) is 0 Å². The van der Waals surface area contributed by atoms with Crippen LogP contribution in [0.3, 0.4) is 0 Å². The Bertz CT molecular complexity index is 64.7. The van der Waals surface area contributed by atoms with Gasteiger partial charge in [0.2, 0.25) is 0 Å². The maximum atomic E-state index is 3.59.